The van der Waals surface area contributed by atoms with Crippen molar-refractivity contribution in [2.45, 2.75) is 0 Å². The number of carbonyl (C=O) groups is 2. The molecule has 2 N–H and O–H groups in total. The van der Waals surface area contributed by atoms with Crippen molar-refractivity contribution in [3.8, 4) is 17.6 Å². The molecule has 3 aromatic rings. The highest BCUT2D eigenvalue weighted by molar-refractivity contribution is 9.10. The predicted molar refractivity (Wildman–Crippen MR) is 135 cm³/mol. The third-order valence-electron chi connectivity index (χ3n) is 4.55. The van der Waals surface area contributed by atoms with Crippen molar-refractivity contribution in [2.24, 2.45) is 0 Å². The molecule has 7 nitrogen and oxygen atoms in total. The fraction of sp³-hybridized carbons (Fsp3) is 0.0800. The predicted octanol–water partition coefficient (Wildman–Crippen LogP) is 5.81. The lowest BCUT2D eigenvalue weighted by Gasteiger charge is -2.14. The molecule has 10 heteroatoms. The highest BCUT2D eigenvalue weighted by atomic mass is 79.9. The zero-order valence-corrected chi connectivity index (χ0v) is 20.6. The van der Waals surface area contributed by atoms with Gasteiger partial charge in [0.25, 0.3) is 11.8 Å². The molecular weight excluding hydrogens is 541 g/mol. The zero-order chi connectivity index (χ0) is 25.4. The van der Waals surface area contributed by atoms with E-state index in [1.54, 1.807) is 36.4 Å². The van der Waals surface area contributed by atoms with E-state index in [-0.39, 0.29) is 22.8 Å². The summed E-state index contributed by atoms with van der Waals surface area (Å²) >= 11 is 9.41. The van der Waals surface area contributed by atoms with Gasteiger partial charge in [0.15, 0.2) is 18.1 Å². The van der Waals surface area contributed by atoms with Crippen molar-refractivity contribution < 1.29 is 23.5 Å². The van der Waals surface area contributed by atoms with Crippen LogP contribution >= 0.6 is 27.5 Å². The average Bonchev–Trinajstić information content (AvgIpc) is 2.84. The Labute approximate surface area is 214 Å². The molecule has 0 bridgehead atoms. The maximum atomic E-state index is 13.7. The van der Waals surface area contributed by atoms with Crippen LogP contribution in [-0.2, 0) is 9.59 Å². The molecule has 0 spiro atoms. The molecule has 0 atom stereocenters. The Morgan fingerprint density at radius 2 is 1.80 bits per heavy atom. The molecular formula is C25H18BrClFN3O4. The van der Waals surface area contributed by atoms with E-state index in [4.69, 9.17) is 21.1 Å². The summed E-state index contributed by atoms with van der Waals surface area (Å²) in [5, 5.41) is 14.8. The largest absolute Gasteiger partial charge is 0.493 e. The van der Waals surface area contributed by atoms with Crippen molar-refractivity contribution in [1.29, 1.82) is 5.26 Å². The molecule has 0 saturated carbocycles. The Bertz CT molecular complexity index is 1340. The molecule has 0 aliphatic heterocycles. The number of hydrogen-bond donors (Lipinski definition) is 2. The second-order valence-electron chi connectivity index (χ2n) is 6.95. The van der Waals surface area contributed by atoms with Crippen LogP contribution in [0.2, 0.25) is 5.02 Å². The van der Waals surface area contributed by atoms with Gasteiger partial charge in [0.05, 0.1) is 28.0 Å². The summed E-state index contributed by atoms with van der Waals surface area (Å²) in [6.07, 6.45) is 1.37. The van der Waals surface area contributed by atoms with Crippen molar-refractivity contribution in [3.63, 3.8) is 0 Å². The van der Waals surface area contributed by atoms with E-state index in [1.165, 1.54) is 37.5 Å². The first kappa shape index (κ1) is 25.7. The van der Waals surface area contributed by atoms with Gasteiger partial charge in [-0.15, -0.1) is 0 Å². The van der Waals surface area contributed by atoms with Gasteiger partial charge in [-0.2, -0.15) is 5.26 Å². The minimum atomic E-state index is -0.638. The Hall–Kier alpha value is -3.87. The maximum absolute atomic E-state index is 13.7. The summed E-state index contributed by atoms with van der Waals surface area (Å²) in [5.41, 5.74) is 0.697. The smallest absolute Gasteiger partial charge is 0.266 e. The number of ether oxygens (including phenoxy) is 2. The zero-order valence-electron chi connectivity index (χ0n) is 18.3. The number of carbonyl (C=O) groups excluding carboxylic acids is 2. The molecule has 3 aromatic carbocycles. The molecule has 2 amide bonds. The highest BCUT2D eigenvalue weighted by Crippen LogP contribution is 2.37. The fourth-order valence-corrected chi connectivity index (χ4v) is 3.67. The van der Waals surface area contributed by atoms with Gasteiger partial charge in [0.1, 0.15) is 17.5 Å². The Kier molecular flexibility index (Phi) is 8.84. The van der Waals surface area contributed by atoms with Gasteiger partial charge in [-0.3, -0.25) is 9.59 Å². The first-order valence-corrected chi connectivity index (χ1v) is 11.2. The Morgan fingerprint density at radius 3 is 2.46 bits per heavy atom. The molecule has 3 rings (SSSR count). The number of hydrogen-bond acceptors (Lipinski definition) is 5. The quantitative estimate of drug-likeness (QED) is 0.268. The number of rotatable bonds is 8. The molecule has 0 fully saturated rings. The maximum Gasteiger partial charge on any atom is 0.266 e. The SMILES string of the molecule is COc1cc(/C=C(\C#N)C(=O)Nc2ccccc2Cl)cc(Br)c1OCC(=O)Nc1ccccc1F. The van der Waals surface area contributed by atoms with E-state index < -0.39 is 24.2 Å². The van der Waals surface area contributed by atoms with Gasteiger partial charge in [0.2, 0.25) is 0 Å². The second-order valence-corrected chi connectivity index (χ2v) is 8.22. The number of methoxy groups -OCH3 is 1. The molecule has 0 aromatic heterocycles. The van der Waals surface area contributed by atoms with Crippen LogP contribution in [0.4, 0.5) is 15.8 Å². The van der Waals surface area contributed by atoms with Gasteiger partial charge in [-0.1, -0.05) is 35.9 Å². The lowest BCUT2D eigenvalue weighted by molar-refractivity contribution is -0.118. The van der Waals surface area contributed by atoms with Crippen LogP contribution in [0.25, 0.3) is 6.08 Å². The molecule has 0 heterocycles. The number of halogens is 3. The van der Waals surface area contributed by atoms with Gasteiger partial charge in [-0.05, 0) is 64.0 Å². The minimum absolute atomic E-state index is 0.0340. The number of amides is 2. The van der Waals surface area contributed by atoms with Crippen molar-refractivity contribution in [2.75, 3.05) is 24.4 Å². The number of nitrogens with zero attached hydrogens (tertiary/aromatic N) is 1. The van der Waals surface area contributed by atoms with E-state index >= 15 is 0 Å². The lowest BCUT2D eigenvalue weighted by Crippen LogP contribution is -2.21. The minimum Gasteiger partial charge on any atom is -0.493 e. The first-order valence-electron chi connectivity index (χ1n) is 10.0. The van der Waals surface area contributed by atoms with Crippen LogP contribution in [0.15, 0.2) is 70.7 Å². The summed E-state index contributed by atoms with van der Waals surface area (Å²) in [6.45, 7) is -0.415. The number of benzene rings is 3. The van der Waals surface area contributed by atoms with E-state index in [9.17, 15) is 19.2 Å². The highest BCUT2D eigenvalue weighted by Gasteiger charge is 2.16. The number of anilines is 2. The fourth-order valence-electron chi connectivity index (χ4n) is 2.92. The monoisotopic (exact) mass is 557 g/mol. The van der Waals surface area contributed by atoms with E-state index in [1.807, 2.05) is 6.07 Å². The van der Waals surface area contributed by atoms with Gasteiger partial charge < -0.3 is 20.1 Å². The van der Waals surface area contributed by atoms with Gasteiger partial charge in [-0.25, -0.2) is 4.39 Å². The van der Waals surface area contributed by atoms with Crippen molar-refractivity contribution >= 4 is 56.8 Å². The molecule has 0 saturated heterocycles. The number of nitrogens with one attached hydrogen (secondary N) is 2. The van der Waals surface area contributed by atoms with Gasteiger partial charge in [0, 0.05) is 0 Å². The summed E-state index contributed by atoms with van der Waals surface area (Å²) in [4.78, 5) is 24.7. The third kappa shape index (κ3) is 6.82. The summed E-state index contributed by atoms with van der Waals surface area (Å²) in [6, 6.07) is 17.4. The van der Waals surface area contributed by atoms with Crippen LogP contribution in [0, 0.1) is 17.1 Å². The molecule has 35 heavy (non-hydrogen) atoms. The van der Waals surface area contributed by atoms with Crippen molar-refractivity contribution in [1.82, 2.24) is 0 Å². The summed E-state index contributed by atoms with van der Waals surface area (Å²) < 4.78 is 25.1. The second kappa shape index (κ2) is 12.0. The normalized spacial score (nSPS) is 10.8. The summed E-state index contributed by atoms with van der Waals surface area (Å²) in [5.74, 6) is -1.32. The Morgan fingerprint density at radius 1 is 1.11 bits per heavy atom. The van der Waals surface area contributed by atoms with Crippen LogP contribution < -0.4 is 20.1 Å². The average molecular weight is 559 g/mol. The number of para-hydroxylation sites is 2. The van der Waals surface area contributed by atoms with Crippen LogP contribution in [0.3, 0.4) is 0 Å². The van der Waals surface area contributed by atoms with Crippen LogP contribution in [0.1, 0.15) is 5.56 Å². The third-order valence-corrected chi connectivity index (χ3v) is 5.46. The lowest BCUT2D eigenvalue weighted by atomic mass is 10.1. The van der Waals surface area contributed by atoms with Crippen LogP contribution in [-0.4, -0.2) is 25.5 Å². The Balaban J connectivity index is 1.75. The molecule has 178 valence electrons. The van der Waals surface area contributed by atoms with E-state index in [0.29, 0.717) is 20.7 Å². The summed E-state index contributed by atoms with van der Waals surface area (Å²) in [7, 11) is 1.40. The standard InChI is InChI=1S/C25H18BrClFN3O4/c1-34-22-12-15(10-16(13-29)25(33)31-20-8-4-2-6-18(20)27)11-17(26)24(22)35-14-23(32)30-21-9-5-3-7-19(21)28/h2-12H,14H2,1H3,(H,30,32)(H,31,33)/b16-10+. The first-order chi connectivity index (χ1) is 16.8. The van der Waals surface area contributed by atoms with E-state index in [0.717, 1.165) is 0 Å². The van der Waals surface area contributed by atoms with Crippen molar-refractivity contribution in [3.05, 3.63) is 87.1 Å². The molecule has 0 unspecified atom stereocenters. The molecule has 0 aliphatic carbocycles. The topological polar surface area (TPSA) is 100 Å². The van der Waals surface area contributed by atoms with E-state index in [2.05, 4.69) is 26.6 Å². The molecule has 0 aliphatic rings. The molecule has 0 radical (unpaired) electrons. The van der Waals surface area contributed by atoms with Crippen LogP contribution in [0.5, 0.6) is 11.5 Å². The van der Waals surface area contributed by atoms with Gasteiger partial charge >= 0.3 is 0 Å². The number of nitriles is 1.